The molecule has 1 aliphatic rings. The molecule has 0 unspecified atom stereocenters. The molecule has 92 valence electrons. The number of nitrogens with one attached hydrogen (secondary N) is 1. The van der Waals surface area contributed by atoms with E-state index < -0.39 is 0 Å². The van der Waals surface area contributed by atoms with E-state index in [-0.39, 0.29) is 5.97 Å². The first-order chi connectivity index (χ1) is 7.76. The summed E-state index contributed by atoms with van der Waals surface area (Å²) in [6, 6.07) is 0.531. The van der Waals surface area contributed by atoms with Crippen LogP contribution in [-0.2, 0) is 14.3 Å². The van der Waals surface area contributed by atoms with Gasteiger partial charge in [0.05, 0.1) is 12.7 Å². The standard InChI is InChI=1S/C12H21NO3/c1-3-15-11-8-10(9-11)13-7-5-6-12(14)16-4-2/h5-6,10-11,13H,3-4,7-9H2,1-2H3/b6-5+. The molecule has 0 aromatic rings. The van der Waals surface area contributed by atoms with E-state index in [1.807, 2.05) is 6.92 Å². The number of carbonyl (C=O) groups excluding carboxylic acids is 1. The van der Waals surface area contributed by atoms with Crippen LogP contribution in [0.25, 0.3) is 0 Å². The van der Waals surface area contributed by atoms with Crippen molar-refractivity contribution in [1.82, 2.24) is 5.32 Å². The Balaban J connectivity index is 1.98. The van der Waals surface area contributed by atoms with Crippen LogP contribution in [-0.4, -0.2) is 37.9 Å². The number of rotatable bonds is 7. The fourth-order valence-corrected chi connectivity index (χ4v) is 1.68. The monoisotopic (exact) mass is 227 g/mol. The molecule has 0 spiro atoms. The number of esters is 1. The minimum Gasteiger partial charge on any atom is -0.463 e. The van der Waals surface area contributed by atoms with Gasteiger partial charge in [0.2, 0.25) is 0 Å². The average molecular weight is 227 g/mol. The molecule has 0 radical (unpaired) electrons. The Morgan fingerprint density at radius 2 is 2.12 bits per heavy atom. The molecule has 16 heavy (non-hydrogen) atoms. The highest BCUT2D eigenvalue weighted by molar-refractivity contribution is 5.81. The van der Waals surface area contributed by atoms with Crippen LogP contribution in [0.5, 0.6) is 0 Å². The van der Waals surface area contributed by atoms with Crippen LogP contribution in [0.4, 0.5) is 0 Å². The molecule has 0 aliphatic heterocycles. The summed E-state index contributed by atoms with van der Waals surface area (Å²) in [6.07, 6.45) is 5.83. The maximum Gasteiger partial charge on any atom is 0.330 e. The van der Waals surface area contributed by atoms with Gasteiger partial charge in [0.25, 0.3) is 0 Å². The maximum absolute atomic E-state index is 11.0. The first-order valence-corrected chi connectivity index (χ1v) is 5.94. The summed E-state index contributed by atoms with van der Waals surface area (Å²) in [6.45, 7) is 5.74. The van der Waals surface area contributed by atoms with Crippen LogP contribution in [0.1, 0.15) is 26.7 Å². The molecular weight excluding hydrogens is 206 g/mol. The van der Waals surface area contributed by atoms with E-state index in [0.717, 1.165) is 19.4 Å². The van der Waals surface area contributed by atoms with Gasteiger partial charge in [0, 0.05) is 25.3 Å². The zero-order valence-corrected chi connectivity index (χ0v) is 10.1. The molecule has 4 nitrogen and oxygen atoms in total. The largest absolute Gasteiger partial charge is 0.463 e. The van der Waals surface area contributed by atoms with Crippen molar-refractivity contribution in [3.63, 3.8) is 0 Å². The molecule has 1 saturated carbocycles. The van der Waals surface area contributed by atoms with Gasteiger partial charge in [-0.3, -0.25) is 0 Å². The molecule has 0 bridgehead atoms. The van der Waals surface area contributed by atoms with Gasteiger partial charge < -0.3 is 14.8 Å². The molecule has 1 fully saturated rings. The molecule has 0 saturated heterocycles. The van der Waals surface area contributed by atoms with E-state index in [4.69, 9.17) is 9.47 Å². The first kappa shape index (κ1) is 13.2. The third-order valence-electron chi connectivity index (χ3n) is 2.56. The Morgan fingerprint density at radius 3 is 2.75 bits per heavy atom. The minimum absolute atomic E-state index is 0.273. The molecule has 1 aliphatic carbocycles. The number of hydrogen-bond acceptors (Lipinski definition) is 4. The van der Waals surface area contributed by atoms with Gasteiger partial charge in [-0.1, -0.05) is 6.08 Å². The summed E-state index contributed by atoms with van der Waals surface area (Å²) in [7, 11) is 0. The predicted molar refractivity (Wildman–Crippen MR) is 62.2 cm³/mol. The topological polar surface area (TPSA) is 47.6 Å². The van der Waals surface area contributed by atoms with E-state index in [2.05, 4.69) is 5.32 Å². The van der Waals surface area contributed by atoms with Crippen LogP contribution in [0, 0.1) is 0 Å². The summed E-state index contributed by atoms with van der Waals surface area (Å²) in [4.78, 5) is 11.0. The van der Waals surface area contributed by atoms with Crippen molar-refractivity contribution in [3.05, 3.63) is 12.2 Å². The molecule has 4 heteroatoms. The SMILES string of the molecule is CCOC(=O)/C=C/CNC1CC(OCC)C1. The zero-order chi connectivity index (χ0) is 11.8. The molecule has 1 N–H and O–H groups in total. The van der Waals surface area contributed by atoms with Gasteiger partial charge in [0.1, 0.15) is 0 Å². The molecule has 0 aromatic heterocycles. The summed E-state index contributed by atoms with van der Waals surface area (Å²) in [5, 5.41) is 3.33. The van der Waals surface area contributed by atoms with E-state index in [9.17, 15) is 4.79 Å². The van der Waals surface area contributed by atoms with E-state index >= 15 is 0 Å². The first-order valence-electron chi connectivity index (χ1n) is 5.94. The third kappa shape index (κ3) is 4.77. The molecule has 0 heterocycles. The van der Waals surface area contributed by atoms with Crippen LogP contribution >= 0.6 is 0 Å². The van der Waals surface area contributed by atoms with Crippen molar-refractivity contribution in [3.8, 4) is 0 Å². The van der Waals surface area contributed by atoms with Gasteiger partial charge in [-0.25, -0.2) is 4.79 Å². The second-order valence-electron chi connectivity index (χ2n) is 3.81. The Hall–Kier alpha value is -0.870. The number of ether oxygens (including phenoxy) is 2. The Morgan fingerprint density at radius 1 is 1.38 bits per heavy atom. The van der Waals surface area contributed by atoms with Crippen molar-refractivity contribution in [2.75, 3.05) is 19.8 Å². The molecular formula is C12H21NO3. The van der Waals surface area contributed by atoms with E-state index in [0.29, 0.717) is 25.3 Å². The normalized spacial score (nSPS) is 24.4. The predicted octanol–water partition coefficient (Wildman–Crippen LogP) is 1.26. The van der Waals surface area contributed by atoms with E-state index in [1.165, 1.54) is 6.08 Å². The molecule has 1 rings (SSSR count). The van der Waals surface area contributed by atoms with Crippen molar-refractivity contribution in [2.45, 2.75) is 38.8 Å². The zero-order valence-electron chi connectivity index (χ0n) is 10.1. The lowest BCUT2D eigenvalue weighted by molar-refractivity contribution is -0.137. The van der Waals surface area contributed by atoms with E-state index in [1.54, 1.807) is 13.0 Å². The van der Waals surface area contributed by atoms with Crippen molar-refractivity contribution >= 4 is 5.97 Å². The second kappa shape index (κ2) is 7.41. The van der Waals surface area contributed by atoms with Crippen molar-refractivity contribution < 1.29 is 14.3 Å². The lowest BCUT2D eigenvalue weighted by Gasteiger charge is -2.35. The number of hydrogen-bond donors (Lipinski definition) is 1. The highest BCUT2D eigenvalue weighted by Crippen LogP contribution is 2.22. The molecule has 0 aromatic carbocycles. The highest BCUT2D eigenvalue weighted by atomic mass is 16.5. The summed E-state index contributed by atoms with van der Waals surface area (Å²) in [5.74, 6) is -0.273. The van der Waals surface area contributed by atoms with Crippen molar-refractivity contribution in [1.29, 1.82) is 0 Å². The quantitative estimate of drug-likeness (QED) is 0.525. The minimum atomic E-state index is -0.273. The average Bonchev–Trinajstić information content (AvgIpc) is 2.20. The smallest absolute Gasteiger partial charge is 0.330 e. The van der Waals surface area contributed by atoms with Gasteiger partial charge in [-0.05, 0) is 26.7 Å². The van der Waals surface area contributed by atoms with Crippen LogP contribution in [0.2, 0.25) is 0 Å². The third-order valence-corrected chi connectivity index (χ3v) is 2.56. The lowest BCUT2D eigenvalue weighted by Crippen LogP contribution is -2.45. The Kier molecular flexibility index (Phi) is 6.11. The van der Waals surface area contributed by atoms with Crippen LogP contribution < -0.4 is 5.32 Å². The van der Waals surface area contributed by atoms with Crippen LogP contribution in [0.3, 0.4) is 0 Å². The van der Waals surface area contributed by atoms with Gasteiger partial charge >= 0.3 is 5.97 Å². The van der Waals surface area contributed by atoms with Gasteiger partial charge in [-0.2, -0.15) is 0 Å². The fraction of sp³-hybridized carbons (Fsp3) is 0.750. The fourth-order valence-electron chi connectivity index (χ4n) is 1.68. The van der Waals surface area contributed by atoms with Gasteiger partial charge in [-0.15, -0.1) is 0 Å². The van der Waals surface area contributed by atoms with Crippen molar-refractivity contribution in [2.24, 2.45) is 0 Å². The second-order valence-corrected chi connectivity index (χ2v) is 3.81. The molecule has 0 amide bonds. The highest BCUT2D eigenvalue weighted by Gasteiger charge is 2.28. The van der Waals surface area contributed by atoms with Gasteiger partial charge in [0.15, 0.2) is 0 Å². The van der Waals surface area contributed by atoms with Crippen LogP contribution in [0.15, 0.2) is 12.2 Å². The summed E-state index contributed by atoms with van der Waals surface area (Å²) < 4.78 is 10.2. The maximum atomic E-state index is 11.0. The Bertz CT molecular complexity index is 234. The summed E-state index contributed by atoms with van der Waals surface area (Å²) in [5.41, 5.74) is 0. The summed E-state index contributed by atoms with van der Waals surface area (Å²) >= 11 is 0. The Labute approximate surface area is 97.0 Å². The number of carbonyl (C=O) groups is 1. The molecule has 0 atom stereocenters. The lowest BCUT2D eigenvalue weighted by atomic mass is 9.89.